The van der Waals surface area contributed by atoms with Crippen molar-refractivity contribution in [2.75, 3.05) is 26.2 Å². The van der Waals surface area contributed by atoms with Gasteiger partial charge in [0.25, 0.3) is 0 Å². The Morgan fingerprint density at radius 3 is 2.73 bits per heavy atom. The molecule has 2 unspecified atom stereocenters. The van der Waals surface area contributed by atoms with Gasteiger partial charge in [-0.05, 0) is 12.8 Å². The van der Waals surface area contributed by atoms with Gasteiger partial charge in [-0.1, -0.05) is 6.08 Å². The van der Waals surface area contributed by atoms with E-state index in [9.17, 15) is 4.79 Å². The summed E-state index contributed by atoms with van der Waals surface area (Å²) in [5.74, 6) is 0.178. The third-order valence-electron chi connectivity index (χ3n) is 2.96. The van der Waals surface area contributed by atoms with Crippen LogP contribution in [0.15, 0.2) is 12.7 Å². The molecule has 2 rings (SSSR count). The fourth-order valence-corrected chi connectivity index (χ4v) is 2.21. The summed E-state index contributed by atoms with van der Waals surface area (Å²) >= 11 is 0. The highest BCUT2D eigenvalue weighted by molar-refractivity contribution is 5.78. The number of fused-ring (bicyclic) bond motifs is 2. The number of hydrogen-bond donors (Lipinski definition) is 1. The molecule has 84 valence electrons. The minimum Gasteiger partial charge on any atom is -0.371 e. The zero-order valence-corrected chi connectivity index (χ0v) is 8.95. The second-order valence-corrected chi connectivity index (χ2v) is 4.18. The number of carbonyl (C=O) groups is 1. The highest BCUT2D eigenvalue weighted by atomic mass is 16.5. The number of amides is 1. The summed E-state index contributed by atoms with van der Waals surface area (Å²) < 4.78 is 5.67. The molecule has 0 saturated carbocycles. The Balaban J connectivity index is 1.78. The Morgan fingerprint density at radius 1 is 1.47 bits per heavy atom. The molecule has 2 atom stereocenters. The zero-order valence-electron chi connectivity index (χ0n) is 8.95. The van der Waals surface area contributed by atoms with E-state index in [1.165, 1.54) is 0 Å². The summed E-state index contributed by atoms with van der Waals surface area (Å²) in [7, 11) is 0. The van der Waals surface area contributed by atoms with E-state index >= 15 is 0 Å². The molecular formula is C11H18N2O2. The molecule has 0 radical (unpaired) electrons. The molecule has 1 amide bonds. The fraction of sp³-hybridized carbons (Fsp3) is 0.727. The van der Waals surface area contributed by atoms with Crippen molar-refractivity contribution < 1.29 is 9.53 Å². The summed E-state index contributed by atoms with van der Waals surface area (Å²) in [5.41, 5.74) is 0. The predicted octanol–water partition coefficient (Wildman–Crippen LogP) is 0.152. The first kappa shape index (κ1) is 10.6. The van der Waals surface area contributed by atoms with Gasteiger partial charge in [-0.3, -0.25) is 4.79 Å². The number of hydrogen-bond acceptors (Lipinski definition) is 3. The number of ether oxygens (including phenoxy) is 1. The first-order chi connectivity index (χ1) is 7.29. The standard InChI is InChI=1S/C11H18N2O2/c1-2-5-12-6-11(14)13-7-9-3-4-10(8-13)15-9/h2,9-10,12H,1,3-8H2. The van der Waals surface area contributed by atoms with Gasteiger partial charge < -0.3 is 15.0 Å². The Hall–Kier alpha value is -0.870. The summed E-state index contributed by atoms with van der Waals surface area (Å²) in [4.78, 5) is 13.7. The number of rotatable bonds is 4. The van der Waals surface area contributed by atoms with Crippen molar-refractivity contribution in [3.63, 3.8) is 0 Å². The highest BCUT2D eigenvalue weighted by Gasteiger charge is 2.35. The predicted molar refractivity (Wildman–Crippen MR) is 57.5 cm³/mol. The van der Waals surface area contributed by atoms with Crippen LogP contribution in [0.1, 0.15) is 12.8 Å². The van der Waals surface area contributed by atoms with Crippen LogP contribution in [-0.4, -0.2) is 49.2 Å². The maximum Gasteiger partial charge on any atom is 0.236 e. The average Bonchev–Trinajstić information content (AvgIpc) is 2.58. The molecule has 0 aromatic heterocycles. The highest BCUT2D eigenvalue weighted by Crippen LogP contribution is 2.25. The van der Waals surface area contributed by atoms with E-state index in [0.29, 0.717) is 13.1 Å². The molecule has 4 heteroatoms. The summed E-state index contributed by atoms with van der Waals surface area (Å²) in [6.45, 7) is 6.23. The van der Waals surface area contributed by atoms with Gasteiger partial charge in [0.15, 0.2) is 0 Å². The Kier molecular flexibility index (Phi) is 3.38. The van der Waals surface area contributed by atoms with Gasteiger partial charge in [0.1, 0.15) is 0 Å². The van der Waals surface area contributed by atoms with Crippen molar-refractivity contribution in [3.8, 4) is 0 Å². The molecule has 2 fully saturated rings. The van der Waals surface area contributed by atoms with E-state index in [1.807, 2.05) is 4.90 Å². The van der Waals surface area contributed by atoms with Crippen molar-refractivity contribution in [3.05, 3.63) is 12.7 Å². The normalized spacial score (nSPS) is 29.2. The molecule has 2 saturated heterocycles. The molecule has 4 nitrogen and oxygen atoms in total. The van der Waals surface area contributed by atoms with Crippen LogP contribution in [0.4, 0.5) is 0 Å². The van der Waals surface area contributed by atoms with Crippen molar-refractivity contribution in [1.29, 1.82) is 0 Å². The second kappa shape index (κ2) is 4.77. The molecule has 15 heavy (non-hydrogen) atoms. The van der Waals surface area contributed by atoms with Crippen molar-refractivity contribution >= 4 is 5.91 Å². The smallest absolute Gasteiger partial charge is 0.236 e. The van der Waals surface area contributed by atoms with Crippen molar-refractivity contribution in [1.82, 2.24) is 10.2 Å². The Labute approximate surface area is 90.3 Å². The number of nitrogens with one attached hydrogen (secondary N) is 1. The molecule has 1 N–H and O–H groups in total. The fourth-order valence-electron chi connectivity index (χ4n) is 2.21. The molecule has 2 aliphatic heterocycles. The van der Waals surface area contributed by atoms with E-state index in [4.69, 9.17) is 4.74 Å². The molecule has 0 aromatic rings. The third kappa shape index (κ3) is 2.58. The van der Waals surface area contributed by atoms with Gasteiger partial charge in [-0.2, -0.15) is 0 Å². The number of carbonyl (C=O) groups excluding carboxylic acids is 1. The third-order valence-corrected chi connectivity index (χ3v) is 2.96. The van der Waals surface area contributed by atoms with Gasteiger partial charge in [0.05, 0.1) is 18.8 Å². The quantitative estimate of drug-likeness (QED) is 0.530. The van der Waals surface area contributed by atoms with Gasteiger partial charge in [-0.25, -0.2) is 0 Å². The summed E-state index contributed by atoms with van der Waals surface area (Å²) in [5, 5.41) is 3.03. The van der Waals surface area contributed by atoms with E-state index in [1.54, 1.807) is 6.08 Å². The average molecular weight is 210 g/mol. The van der Waals surface area contributed by atoms with Gasteiger partial charge in [0, 0.05) is 19.6 Å². The topological polar surface area (TPSA) is 41.6 Å². The number of likely N-dealkylation sites (tertiary alicyclic amines) is 1. The van der Waals surface area contributed by atoms with E-state index in [-0.39, 0.29) is 18.1 Å². The summed E-state index contributed by atoms with van der Waals surface area (Å²) in [6.07, 6.45) is 4.54. The zero-order chi connectivity index (χ0) is 10.7. The first-order valence-electron chi connectivity index (χ1n) is 5.54. The van der Waals surface area contributed by atoms with Crippen molar-refractivity contribution in [2.45, 2.75) is 25.0 Å². The Morgan fingerprint density at radius 2 is 2.13 bits per heavy atom. The monoisotopic (exact) mass is 210 g/mol. The molecule has 2 heterocycles. The van der Waals surface area contributed by atoms with E-state index < -0.39 is 0 Å². The lowest BCUT2D eigenvalue weighted by molar-refractivity contribution is -0.138. The minimum absolute atomic E-state index is 0.178. The molecule has 2 bridgehead atoms. The van der Waals surface area contributed by atoms with E-state index in [2.05, 4.69) is 11.9 Å². The van der Waals surface area contributed by atoms with Crippen LogP contribution in [0.5, 0.6) is 0 Å². The minimum atomic E-state index is 0.178. The maximum atomic E-state index is 11.8. The molecule has 0 aromatic carbocycles. The maximum absolute atomic E-state index is 11.8. The lowest BCUT2D eigenvalue weighted by atomic mass is 10.2. The van der Waals surface area contributed by atoms with Crippen LogP contribution < -0.4 is 5.32 Å². The first-order valence-corrected chi connectivity index (χ1v) is 5.54. The van der Waals surface area contributed by atoms with Gasteiger partial charge in [0.2, 0.25) is 5.91 Å². The molecule has 0 spiro atoms. The molecule has 2 aliphatic rings. The van der Waals surface area contributed by atoms with Crippen LogP contribution in [-0.2, 0) is 9.53 Å². The molecule has 0 aliphatic carbocycles. The number of morpholine rings is 1. The van der Waals surface area contributed by atoms with Crippen LogP contribution in [0.2, 0.25) is 0 Å². The SMILES string of the molecule is C=CCNCC(=O)N1CC2CCC(C1)O2. The largest absolute Gasteiger partial charge is 0.371 e. The van der Waals surface area contributed by atoms with Gasteiger partial charge in [-0.15, -0.1) is 6.58 Å². The lowest BCUT2D eigenvalue weighted by Gasteiger charge is -2.32. The Bertz CT molecular complexity index is 243. The molecular weight excluding hydrogens is 192 g/mol. The van der Waals surface area contributed by atoms with Crippen LogP contribution in [0.3, 0.4) is 0 Å². The number of nitrogens with zero attached hydrogens (tertiary/aromatic N) is 1. The van der Waals surface area contributed by atoms with Crippen molar-refractivity contribution in [2.24, 2.45) is 0 Å². The lowest BCUT2D eigenvalue weighted by Crippen LogP contribution is -2.48. The van der Waals surface area contributed by atoms with Crippen LogP contribution in [0.25, 0.3) is 0 Å². The second-order valence-electron chi connectivity index (χ2n) is 4.18. The summed E-state index contributed by atoms with van der Waals surface area (Å²) in [6, 6.07) is 0. The van der Waals surface area contributed by atoms with Gasteiger partial charge >= 0.3 is 0 Å². The van der Waals surface area contributed by atoms with Crippen LogP contribution >= 0.6 is 0 Å². The van der Waals surface area contributed by atoms with Crippen LogP contribution in [0, 0.1) is 0 Å². The van der Waals surface area contributed by atoms with E-state index in [0.717, 1.165) is 25.9 Å².